The van der Waals surface area contributed by atoms with Gasteiger partial charge in [0.05, 0.1) is 5.38 Å². The van der Waals surface area contributed by atoms with E-state index < -0.39 is 0 Å². The fraction of sp³-hybridized carbons (Fsp3) is 0.647. The van der Waals surface area contributed by atoms with Gasteiger partial charge in [-0.3, -0.25) is 0 Å². The third-order valence-corrected chi connectivity index (χ3v) is 5.30. The highest BCUT2D eigenvalue weighted by Gasteiger charge is 2.36. The van der Waals surface area contributed by atoms with Gasteiger partial charge >= 0.3 is 0 Å². The number of fused-ring (bicyclic) bond motifs is 1. The van der Waals surface area contributed by atoms with Crippen LogP contribution in [0.2, 0.25) is 0 Å². The molecule has 1 aromatic carbocycles. The monoisotopic (exact) mass is 262 g/mol. The summed E-state index contributed by atoms with van der Waals surface area (Å²) in [5.74, 6) is 0.789. The standard InChI is InChI=1S/C17H23Cl/c1-17(2)11-16(18)14-10-13(8-9-15(14)17)12-6-4-3-5-7-12/h8-10,12,16H,3-7,11H2,1-2H3. The molecule has 1 atom stereocenters. The van der Waals surface area contributed by atoms with Crippen molar-refractivity contribution in [1.82, 2.24) is 0 Å². The third kappa shape index (κ3) is 2.09. The van der Waals surface area contributed by atoms with Crippen LogP contribution in [0.5, 0.6) is 0 Å². The lowest BCUT2D eigenvalue weighted by Gasteiger charge is -2.24. The summed E-state index contributed by atoms with van der Waals surface area (Å²) in [5, 5.41) is 0.221. The zero-order valence-electron chi connectivity index (χ0n) is 11.5. The van der Waals surface area contributed by atoms with Crippen molar-refractivity contribution in [3.63, 3.8) is 0 Å². The van der Waals surface area contributed by atoms with E-state index in [0.29, 0.717) is 0 Å². The van der Waals surface area contributed by atoms with Crippen LogP contribution in [0.15, 0.2) is 18.2 Å². The minimum atomic E-state index is 0.221. The molecule has 0 nitrogen and oxygen atoms in total. The highest BCUT2D eigenvalue weighted by Crippen LogP contribution is 2.48. The van der Waals surface area contributed by atoms with Crippen molar-refractivity contribution >= 4 is 11.6 Å². The number of alkyl halides is 1. The highest BCUT2D eigenvalue weighted by molar-refractivity contribution is 6.21. The van der Waals surface area contributed by atoms with Gasteiger partial charge in [-0.05, 0) is 47.3 Å². The van der Waals surface area contributed by atoms with E-state index in [1.54, 1.807) is 0 Å². The minimum Gasteiger partial charge on any atom is -0.118 e. The summed E-state index contributed by atoms with van der Waals surface area (Å²) in [6.07, 6.45) is 8.05. The topological polar surface area (TPSA) is 0 Å². The first-order valence-corrected chi connectivity index (χ1v) is 7.80. The number of hydrogen-bond donors (Lipinski definition) is 0. The summed E-state index contributed by atoms with van der Waals surface area (Å²) in [5.41, 5.74) is 4.68. The lowest BCUT2D eigenvalue weighted by atomic mass is 9.81. The van der Waals surface area contributed by atoms with Gasteiger partial charge in [0.2, 0.25) is 0 Å². The molecular formula is C17H23Cl. The van der Waals surface area contributed by atoms with Crippen LogP contribution in [0.4, 0.5) is 0 Å². The highest BCUT2D eigenvalue weighted by atomic mass is 35.5. The van der Waals surface area contributed by atoms with Gasteiger partial charge in [-0.1, -0.05) is 51.3 Å². The number of hydrogen-bond acceptors (Lipinski definition) is 0. The maximum absolute atomic E-state index is 6.54. The van der Waals surface area contributed by atoms with Gasteiger partial charge in [0.15, 0.2) is 0 Å². The van der Waals surface area contributed by atoms with E-state index in [9.17, 15) is 0 Å². The summed E-state index contributed by atoms with van der Waals surface area (Å²) in [7, 11) is 0. The average Bonchev–Trinajstić information content (AvgIpc) is 2.61. The molecule has 0 aliphatic heterocycles. The SMILES string of the molecule is CC1(C)CC(Cl)c2cc(C3CCCCC3)ccc21. The summed E-state index contributed by atoms with van der Waals surface area (Å²) in [6.45, 7) is 4.63. The number of halogens is 1. The lowest BCUT2D eigenvalue weighted by Crippen LogP contribution is -2.12. The first-order valence-electron chi connectivity index (χ1n) is 7.36. The molecule has 0 aromatic heterocycles. The van der Waals surface area contributed by atoms with Gasteiger partial charge in [0.1, 0.15) is 0 Å². The molecule has 2 aliphatic rings. The molecule has 0 heterocycles. The molecule has 3 rings (SSSR count). The van der Waals surface area contributed by atoms with Gasteiger partial charge < -0.3 is 0 Å². The van der Waals surface area contributed by atoms with Crippen molar-refractivity contribution in [1.29, 1.82) is 0 Å². The Labute approximate surface area is 116 Å². The molecule has 0 N–H and O–H groups in total. The van der Waals surface area contributed by atoms with E-state index in [1.165, 1.54) is 48.8 Å². The Kier molecular flexibility index (Phi) is 3.18. The van der Waals surface area contributed by atoms with Crippen molar-refractivity contribution in [2.45, 2.75) is 69.1 Å². The van der Waals surface area contributed by atoms with Crippen LogP contribution < -0.4 is 0 Å². The molecule has 0 bridgehead atoms. The van der Waals surface area contributed by atoms with Gasteiger partial charge in [0.25, 0.3) is 0 Å². The quantitative estimate of drug-likeness (QED) is 0.570. The predicted octanol–water partition coefficient (Wildman–Crippen LogP) is 5.70. The fourth-order valence-corrected chi connectivity index (χ4v) is 4.38. The molecule has 0 radical (unpaired) electrons. The summed E-state index contributed by atoms with van der Waals surface area (Å²) in [4.78, 5) is 0. The van der Waals surface area contributed by atoms with Crippen LogP contribution in [0, 0.1) is 0 Å². The second-order valence-corrected chi connectivity index (χ2v) is 7.26. The van der Waals surface area contributed by atoms with E-state index in [-0.39, 0.29) is 10.8 Å². The maximum Gasteiger partial charge on any atom is 0.0596 e. The Bertz CT molecular complexity index is 441. The summed E-state index contributed by atoms with van der Waals surface area (Å²) >= 11 is 6.54. The molecule has 1 heteroatoms. The van der Waals surface area contributed by atoms with Gasteiger partial charge in [0, 0.05) is 0 Å². The fourth-order valence-electron chi connectivity index (χ4n) is 3.81. The minimum absolute atomic E-state index is 0.221. The second-order valence-electron chi connectivity index (χ2n) is 6.74. The van der Waals surface area contributed by atoms with Crippen molar-refractivity contribution in [3.05, 3.63) is 34.9 Å². The first kappa shape index (κ1) is 12.5. The molecule has 1 fully saturated rings. The molecule has 2 aliphatic carbocycles. The molecule has 1 unspecified atom stereocenters. The average molecular weight is 263 g/mol. The van der Waals surface area contributed by atoms with E-state index in [4.69, 9.17) is 11.6 Å². The first-order chi connectivity index (χ1) is 8.58. The molecular weight excluding hydrogens is 240 g/mol. The Balaban J connectivity index is 1.94. The molecule has 1 aromatic rings. The lowest BCUT2D eigenvalue weighted by molar-refractivity contribution is 0.443. The third-order valence-electron chi connectivity index (χ3n) is 4.91. The van der Waals surface area contributed by atoms with Crippen LogP contribution in [0.3, 0.4) is 0 Å². The van der Waals surface area contributed by atoms with E-state index in [2.05, 4.69) is 32.0 Å². The zero-order valence-corrected chi connectivity index (χ0v) is 12.3. The van der Waals surface area contributed by atoms with E-state index >= 15 is 0 Å². The molecule has 18 heavy (non-hydrogen) atoms. The smallest absolute Gasteiger partial charge is 0.0596 e. The van der Waals surface area contributed by atoms with Crippen LogP contribution in [-0.4, -0.2) is 0 Å². The van der Waals surface area contributed by atoms with E-state index in [1.807, 2.05) is 0 Å². The molecule has 98 valence electrons. The zero-order chi connectivity index (χ0) is 12.8. The summed E-state index contributed by atoms with van der Waals surface area (Å²) < 4.78 is 0. The van der Waals surface area contributed by atoms with Crippen LogP contribution in [0.25, 0.3) is 0 Å². The maximum atomic E-state index is 6.54. The molecule has 0 amide bonds. The number of benzene rings is 1. The Hall–Kier alpha value is -0.490. The number of rotatable bonds is 1. The van der Waals surface area contributed by atoms with Crippen LogP contribution in [0.1, 0.15) is 80.4 Å². The second kappa shape index (κ2) is 4.56. The van der Waals surface area contributed by atoms with Crippen molar-refractivity contribution in [2.75, 3.05) is 0 Å². The largest absolute Gasteiger partial charge is 0.118 e. The summed E-state index contributed by atoms with van der Waals surface area (Å²) in [6, 6.07) is 7.13. The van der Waals surface area contributed by atoms with Crippen molar-refractivity contribution < 1.29 is 0 Å². The van der Waals surface area contributed by atoms with Crippen molar-refractivity contribution in [3.8, 4) is 0 Å². The van der Waals surface area contributed by atoms with Gasteiger partial charge in [-0.25, -0.2) is 0 Å². The van der Waals surface area contributed by atoms with Gasteiger partial charge in [-0.15, -0.1) is 11.6 Å². The van der Waals surface area contributed by atoms with Crippen LogP contribution >= 0.6 is 11.6 Å². The molecule has 0 saturated heterocycles. The van der Waals surface area contributed by atoms with Gasteiger partial charge in [-0.2, -0.15) is 0 Å². The molecule has 1 saturated carbocycles. The van der Waals surface area contributed by atoms with E-state index in [0.717, 1.165) is 12.3 Å². The Morgan fingerprint density at radius 3 is 2.56 bits per heavy atom. The normalized spacial score (nSPS) is 27.2. The van der Waals surface area contributed by atoms with Crippen LogP contribution in [-0.2, 0) is 5.41 Å². The predicted molar refractivity (Wildman–Crippen MR) is 78.5 cm³/mol. The Morgan fingerprint density at radius 1 is 1.11 bits per heavy atom. The van der Waals surface area contributed by atoms with Crippen molar-refractivity contribution in [2.24, 2.45) is 0 Å². The molecule has 0 spiro atoms. The Morgan fingerprint density at radius 2 is 1.83 bits per heavy atom.